The predicted molar refractivity (Wildman–Crippen MR) is 104 cm³/mol. The number of nitrogens with one attached hydrogen (secondary N) is 1. The highest BCUT2D eigenvalue weighted by molar-refractivity contribution is 7.22. The van der Waals surface area contributed by atoms with Gasteiger partial charge < -0.3 is 5.32 Å². The molecular weight excluding hydrogens is 348 g/mol. The van der Waals surface area contributed by atoms with Crippen LogP contribution in [0.4, 0.5) is 5.13 Å². The zero-order chi connectivity index (χ0) is 18.1. The summed E-state index contributed by atoms with van der Waals surface area (Å²) in [5.41, 5.74) is 2.61. The Balaban J connectivity index is 1.50. The van der Waals surface area contributed by atoms with Gasteiger partial charge in [-0.1, -0.05) is 35.6 Å². The molecule has 0 saturated heterocycles. The van der Waals surface area contributed by atoms with E-state index in [9.17, 15) is 9.59 Å². The Kier molecular flexibility index (Phi) is 4.22. The lowest BCUT2D eigenvalue weighted by molar-refractivity contribution is -0.116. The molecule has 0 bridgehead atoms. The van der Waals surface area contributed by atoms with Crippen molar-refractivity contribution in [2.24, 2.45) is 0 Å². The van der Waals surface area contributed by atoms with Crippen LogP contribution >= 0.6 is 11.3 Å². The van der Waals surface area contributed by atoms with Gasteiger partial charge >= 0.3 is 0 Å². The molecular formula is C19H16N4O2S. The van der Waals surface area contributed by atoms with Crippen molar-refractivity contribution in [2.45, 2.75) is 19.9 Å². The van der Waals surface area contributed by atoms with Gasteiger partial charge in [0.15, 0.2) is 5.13 Å². The number of thiazole rings is 1. The van der Waals surface area contributed by atoms with E-state index in [-0.39, 0.29) is 17.8 Å². The van der Waals surface area contributed by atoms with Crippen LogP contribution in [-0.4, -0.2) is 20.7 Å². The molecule has 26 heavy (non-hydrogen) atoms. The van der Waals surface area contributed by atoms with Crippen LogP contribution in [0.5, 0.6) is 0 Å². The van der Waals surface area contributed by atoms with Gasteiger partial charge in [-0.15, -0.1) is 0 Å². The SMILES string of the molecule is Cc1cccc2sc(NC(=O)CCn3ncc(=O)c4ccccc43)nc12. The number of hydrogen-bond acceptors (Lipinski definition) is 5. The molecule has 4 aromatic rings. The number of carbonyl (C=O) groups excluding carboxylic acids is 1. The van der Waals surface area contributed by atoms with Crippen molar-refractivity contribution >= 4 is 43.5 Å². The van der Waals surface area contributed by atoms with Crippen LogP contribution in [0.1, 0.15) is 12.0 Å². The number of aromatic nitrogens is 3. The first-order chi connectivity index (χ1) is 12.6. The summed E-state index contributed by atoms with van der Waals surface area (Å²) in [4.78, 5) is 28.7. The van der Waals surface area contributed by atoms with Crippen molar-refractivity contribution in [3.05, 3.63) is 64.4 Å². The first-order valence-electron chi connectivity index (χ1n) is 8.23. The van der Waals surface area contributed by atoms with E-state index in [0.717, 1.165) is 21.3 Å². The van der Waals surface area contributed by atoms with Gasteiger partial charge in [-0.2, -0.15) is 5.10 Å². The van der Waals surface area contributed by atoms with Crippen molar-refractivity contribution in [3.8, 4) is 0 Å². The Labute approximate surface area is 153 Å². The second-order valence-corrected chi connectivity index (χ2v) is 7.02. The van der Waals surface area contributed by atoms with Crippen molar-refractivity contribution < 1.29 is 4.79 Å². The number of benzene rings is 2. The molecule has 2 heterocycles. The Morgan fingerprint density at radius 3 is 2.88 bits per heavy atom. The molecule has 1 N–H and O–H groups in total. The smallest absolute Gasteiger partial charge is 0.228 e. The second-order valence-electron chi connectivity index (χ2n) is 5.99. The summed E-state index contributed by atoms with van der Waals surface area (Å²) >= 11 is 1.46. The summed E-state index contributed by atoms with van der Waals surface area (Å²) in [6, 6.07) is 13.2. The molecule has 130 valence electrons. The molecule has 2 aromatic carbocycles. The van der Waals surface area contributed by atoms with Crippen LogP contribution in [0.15, 0.2) is 53.5 Å². The van der Waals surface area contributed by atoms with Crippen LogP contribution in [0.2, 0.25) is 0 Å². The molecule has 2 aromatic heterocycles. The number of nitrogens with zero attached hydrogens (tertiary/aromatic N) is 3. The minimum Gasteiger partial charge on any atom is -0.302 e. The lowest BCUT2D eigenvalue weighted by atomic mass is 10.2. The highest BCUT2D eigenvalue weighted by atomic mass is 32.1. The zero-order valence-corrected chi connectivity index (χ0v) is 14.9. The maximum Gasteiger partial charge on any atom is 0.228 e. The van der Waals surface area contributed by atoms with Gasteiger partial charge in [0.25, 0.3) is 0 Å². The molecule has 0 aliphatic carbocycles. The van der Waals surface area contributed by atoms with Crippen LogP contribution in [0, 0.1) is 6.92 Å². The molecule has 0 aliphatic rings. The highest BCUT2D eigenvalue weighted by Gasteiger charge is 2.10. The number of hydrogen-bond donors (Lipinski definition) is 1. The fraction of sp³-hybridized carbons (Fsp3) is 0.158. The second kappa shape index (κ2) is 6.68. The first-order valence-corrected chi connectivity index (χ1v) is 9.04. The normalized spacial score (nSPS) is 11.1. The third-order valence-electron chi connectivity index (χ3n) is 4.18. The average molecular weight is 364 g/mol. The maximum atomic E-state index is 12.3. The minimum atomic E-state index is -0.133. The molecule has 0 atom stereocenters. The van der Waals surface area contributed by atoms with Crippen molar-refractivity contribution in [1.29, 1.82) is 0 Å². The molecule has 0 radical (unpaired) electrons. The van der Waals surface area contributed by atoms with Crippen molar-refractivity contribution in [2.75, 3.05) is 5.32 Å². The topological polar surface area (TPSA) is 76.9 Å². The largest absolute Gasteiger partial charge is 0.302 e. The van der Waals surface area contributed by atoms with Gasteiger partial charge in [-0.05, 0) is 30.7 Å². The zero-order valence-electron chi connectivity index (χ0n) is 14.1. The Bertz CT molecular complexity index is 1180. The van der Waals surface area contributed by atoms with Gasteiger partial charge in [0.2, 0.25) is 11.3 Å². The van der Waals surface area contributed by atoms with Gasteiger partial charge in [-0.3, -0.25) is 14.3 Å². The monoisotopic (exact) mass is 364 g/mol. The maximum absolute atomic E-state index is 12.3. The standard InChI is InChI=1S/C19H16N4O2S/c1-12-5-4-8-16-18(12)22-19(26-16)21-17(25)9-10-23-14-7-3-2-6-13(14)15(24)11-20-23/h2-8,11H,9-10H2,1H3,(H,21,22,25). The lowest BCUT2D eigenvalue weighted by Crippen LogP contribution is -2.17. The molecule has 6 nitrogen and oxygen atoms in total. The van der Waals surface area contributed by atoms with E-state index in [0.29, 0.717) is 17.1 Å². The molecule has 4 rings (SSSR count). The first kappa shape index (κ1) is 16.4. The third-order valence-corrected chi connectivity index (χ3v) is 5.12. The van der Waals surface area contributed by atoms with E-state index < -0.39 is 0 Å². The third kappa shape index (κ3) is 3.09. The fourth-order valence-electron chi connectivity index (χ4n) is 2.87. The molecule has 7 heteroatoms. The van der Waals surface area contributed by atoms with Gasteiger partial charge in [0.1, 0.15) is 0 Å². The summed E-state index contributed by atoms with van der Waals surface area (Å²) in [7, 11) is 0. The Morgan fingerprint density at radius 2 is 2.04 bits per heavy atom. The van der Waals surface area contributed by atoms with E-state index in [4.69, 9.17) is 0 Å². The number of amides is 1. The van der Waals surface area contributed by atoms with Crippen molar-refractivity contribution in [1.82, 2.24) is 14.8 Å². The van der Waals surface area contributed by atoms with Crippen LogP contribution in [0.25, 0.3) is 21.1 Å². The average Bonchev–Trinajstić information content (AvgIpc) is 3.05. The summed E-state index contributed by atoms with van der Waals surface area (Å²) in [5.74, 6) is -0.133. The Hall–Kier alpha value is -3.06. The number of fused-ring (bicyclic) bond motifs is 2. The molecule has 0 saturated carbocycles. The molecule has 0 spiro atoms. The van der Waals surface area contributed by atoms with E-state index in [1.54, 1.807) is 10.7 Å². The van der Waals surface area contributed by atoms with E-state index in [1.807, 2.05) is 43.3 Å². The van der Waals surface area contributed by atoms with Crippen LogP contribution < -0.4 is 10.7 Å². The van der Waals surface area contributed by atoms with Gasteiger partial charge in [0.05, 0.1) is 28.5 Å². The quantitative estimate of drug-likeness (QED) is 0.602. The van der Waals surface area contributed by atoms with Gasteiger partial charge in [-0.25, -0.2) is 4.98 Å². The summed E-state index contributed by atoms with van der Waals surface area (Å²) in [6.07, 6.45) is 1.53. The van der Waals surface area contributed by atoms with Gasteiger partial charge in [0, 0.05) is 11.8 Å². The molecule has 1 amide bonds. The predicted octanol–water partition coefficient (Wildman–Crippen LogP) is 3.34. The van der Waals surface area contributed by atoms with E-state index in [2.05, 4.69) is 15.4 Å². The number of anilines is 1. The number of aryl methyl sites for hydroxylation is 2. The van der Waals surface area contributed by atoms with Crippen LogP contribution in [-0.2, 0) is 11.3 Å². The Morgan fingerprint density at radius 1 is 1.19 bits per heavy atom. The lowest BCUT2D eigenvalue weighted by Gasteiger charge is -2.08. The minimum absolute atomic E-state index is 0.119. The number of rotatable bonds is 4. The fourth-order valence-corrected chi connectivity index (χ4v) is 3.83. The van der Waals surface area contributed by atoms with Crippen LogP contribution in [0.3, 0.4) is 0 Å². The number of para-hydroxylation sites is 2. The summed E-state index contributed by atoms with van der Waals surface area (Å²) in [5, 5.41) is 8.19. The van der Waals surface area contributed by atoms with Crippen molar-refractivity contribution in [3.63, 3.8) is 0 Å². The molecule has 0 fully saturated rings. The van der Waals surface area contributed by atoms with E-state index >= 15 is 0 Å². The summed E-state index contributed by atoms with van der Waals surface area (Å²) < 4.78 is 2.73. The van der Waals surface area contributed by atoms with E-state index in [1.165, 1.54) is 17.5 Å². The summed E-state index contributed by atoms with van der Waals surface area (Å²) in [6.45, 7) is 2.39. The number of carbonyl (C=O) groups is 1. The highest BCUT2D eigenvalue weighted by Crippen LogP contribution is 2.27. The molecule has 0 unspecified atom stereocenters. The molecule has 0 aliphatic heterocycles.